The van der Waals surface area contributed by atoms with Crippen LogP contribution >= 0.6 is 24.0 Å². The highest BCUT2D eigenvalue weighted by Gasteiger charge is 2.25. The summed E-state index contributed by atoms with van der Waals surface area (Å²) in [4.78, 5) is 30.5. The van der Waals surface area contributed by atoms with E-state index >= 15 is 0 Å². The SMILES string of the molecule is CCNC(=NCC(C)CN(C)C(=O)OC(C)(C)C)NCC1CC(=O)Nc2ccccc21.I. The van der Waals surface area contributed by atoms with Crippen LogP contribution in [0.5, 0.6) is 0 Å². The van der Waals surface area contributed by atoms with E-state index in [1.54, 1.807) is 11.9 Å². The maximum Gasteiger partial charge on any atom is 0.410 e. The van der Waals surface area contributed by atoms with Gasteiger partial charge >= 0.3 is 6.09 Å². The van der Waals surface area contributed by atoms with E-state index in [-0.39, 0.29) is 47.8 Å². The maximum absolute atomic E-state index is 12.2. The molecule has 32 heavy (non-hydrogen) atoms. The second-order valence-electron chi connectivity index (χ2n) is 9.10. The molecule has 8 nitrogen and oxygen atoms in total. The molecular weight excluding hydrogens is 521 g/mol. The standard InChI is InChI=1S/C23H37N5O3.HI/c1-7-24-21(25-13-16(2)15-28(6)22(30)31-23(3,4)5)26-14-17-12-20(29)27-19-11-9-8-10-18(17)19;/h8-11,16-17H,7,12-15H2,1-6H3,(H,27,29)(H2,24,25,26);1H. The number of halogens is 1. The summed E-state index contributed by atoms with van der Waals surface area (Å²) >= 11 is 0. The van der Waals surface area contributed by atoms with Gasteiger partial charge in [0.25, 0.3) is 0 Å². The van der Waals surface area contributed by atoms with Crippen molar-refractivity contribution < 1.29 is 14.3 Å². The van der Waals surface area contributed by atoms with E-state index in [9.17, 15) is 9.59 Å². The first kappa shape index (κ1) is 28.0. The molecule has 1 aromatic carbocycles. The van der Waals surface area contributed by atoms with Crippen LogP contribution in [0.15, 0.2) is 29.3 Å². The Labute approximate surface area is 209 Å². The van der Waals surface area contributed by atoms with Crippen molar-refractivity contribution in [3.05, 3.63) is 29.8 Å². The lowest BCUT2D eigenvalue weighted by atomic mass is 9.90. The molecule has 0 aromatic heterocycles. The summed E-state index contributed by atoms with van der Waals surface area (Å²) < 4.78 is 5.40. The molecule has 1 heterocycles. The molecule has 0 aliphatic carbocycles. The molecule has 3 N–H and O–H groups in total. The van der Waals surface area contributed by atoms with Crippen LogP contribution in [0.25, 0.3) is 0 Å². The molecule has 0 saturated carbocycles. The monoisotopic (exact) mass is 559 g/mol. The van der Waals surface area contributed by atoms with Crippen LogP contribution in [0.3, 0.4) is 0 Å². The Hall–Kier alpha value is -2.04. The largest absolute Gasteiger partial charge is 0.444 e. The fraction of sp³-hybridized carbons (Fsp3) is 0.609. The van der Waals surface area contributed by atoms with Crippen molar-refractivity contribution >= 4 is 47.6 Å². The molecule has 2 atom stereocenters. The number of nitrogens with one attached hydrogen (secondary N) is 3. The number of ether oxygens (including phenoxy) is 1. The Bertz CT molecular complexity index is 794. The number of anilines is 1. The first-order valence-electron chi connectivity index (χ1n) is 10.9. The number of amides is 2. The molecule has 9 heteroatoms. The Kier molecular flexibility index (Phi) is 11.2. The minimum absolute atomic E-state index is 0. The lowest BCUT2D eigenvalue weighted by Crippen LogP contribution is -2.41. The average Bonchev–Trinajstić information content (AvgIpc) is 2.68. The molecule has 2 amide bonds. The van der Waals surface area contributed by atoms with Gasteiger partial charge in [-0.3, -0.25) is 9.79 Å². The van der Waals surface area contributed by atoms with Crippen LogP contribution in [-0.2, 0) is 9.53 Å². The summed E-state index contributed by atoms with van der Waals surface area (Å²) in [7, 11) is 1.74. The number of hydrogen-bond acceptors (Lipinski definition) is 4. The smallest absolute Gasteiger partial charge is 0.410 e. The lowest BCUT2D eigenvalue weighted by molar-refractivity contribution is -0.116. The number of rotatable bonds is 7. The van der Waals surface area contributed by atoms with Gasteiger partial charge in [-0.15, -0.1) is 24.0 Å². The van der Waals surface area contributed by atoms with Crippen LogP contribution in [-0.4, -0.2) is 61.7 Å². The van der Waals surface area contributed by atoms with Crippen molar-refractivity contribution in [3.8, 4) is 0 Å². The maximum atomic E-state index is 12.2. The van der Waals surface area contributed by atoms with E-state index in [0.29, 0.717) is 32.0 Å². The zero-order valence-corrected chi connectivity index (χ0v) is 22.4. The van der Waals surface area contributed by atoms with Crippen molar-refractivity contribution in [1.82, 2.24) is 15.5 Å². The molecule has 180 valence electrons. The Morgan fingerprint density at radius 3 is 2.66 bits per heavy atom. The molecule has 0 radical (unpaired) electrons. The van der Waals surface area contributed by atoms with Crippen molar-refractivity contribution in [3.63, 3.8) is 0 Å². The highest BCUT2D eigenvalue weighted by Crippen LogP contribution is 2.31. The summed E-state index contributed by atoms with van der Waals surface area (Å²) in [5, 5.41) is 9.55. The van der Waals surface area contributed by atoms with Crippen LogP contribution in [0.2, 0.25) is 0 Å². The molecule has 0 spiro atoms. The van der Waals surface area contributed by atoms with Crippen molar-refractivity contribution in [2.75, 3.05) is 38.5 Å². The van der Waals surface area contributed by atoms with E-state index in [1.807, 2.05) is 45.9 Å². The van der Waals surface area contributed by atoms with E-state index in [2.05, 4.69) is 33.9 Å². The molecule has 0 bridgehead atoms. The van der Waals surface area contributed by atoms with Gasteiger partial charge in [0, 0.05) is 51.3 Å². The minimum Gasteiger partial charge on any atom is -0.444 e. The minimum atomic E-state index is -0.510. The van der Waals surface area contributed by atoms with Crippen molar-refractivity contribution in [2.45, 2.75) is 52.6 Å². The first-order valence-corrected chi connectivity index (χ1v) is 10.9. The number of hydrogen-bond donors (Lipinski definition) is 3. The highest BCUT2D eigenvalue weighted by molar-refractivity contribution is 14.0. The zero-order chi connectivity index (χ0) is 23.0. The fourth-order valence-electron chi connectivity index (χ4n) is 3.43. The molecule has 1 aromatic rings. The van der Waals surface area contributed by atoms with Gasteiger partial charge in [0.1, 0.15) is 5.60 Å². The lowest BCUT2D eigenvalue weighted by Gasteiger charge is -2.27. The number of para-hydroxylation sites is 1. The molecular formula is C23H38IN5O3. The van der Waals surface area contributed by atoms with Crippen LogP contribution < -0.4 is 16.0 Å². The van der Waals surface area contributed by atoms with E-state index in [4.69, 9.17) is 4.74 Å². The molecule has 0 fully saturated rings. The Morgan fingerprint density at radius 2 is 2.00 bits per heavy atom. The Balaban J connectivity index is 0.00000512. The molecule has 1 aliphatic heterocycles. The number of guanidine groups is 1. The number of benzene rings is 1. The molecule has 2 unspecified atom stereocenters. The summed E-state index contributed by atoms with van der Waals surface area (Å²) in [5.74, 6) is 0.989. The van der Waals surface area contributed by atoms with Crippen LogP contribution in [0.4, 0.5) is 10.5 Å². The second kappa shape index (κ2) is 12.9. The van der Waals surface area contributed by atoms with Gasteiger partial charge in [-0.05, 0) is 45.2 Å². The van der Waals surface area contributed by atoms with E-state index in [1.165, 1.54) is 0 Å². The fourth-order valence-corrected chi connectivity index (χ4v) is 3.43. The van der Waals surface area contributed by atoms with Crippen molar-refractivity contribution in [1.29, 1.82) is 0 Å². The first-order chi connectivity index (χ1) is 14.6. The van der Waals surface area contributed by atoms with Gasteiger partial charge in [-0.2, -0.15) is 0 Å². The van der Waals surface area contributed by atoms with Gasteiger partial charge < -0.3 is 25.6 Å². The average molecular weight is 559 g/mol. The number of nitrogens with zero attached hydrogens (tertiary/aromatic N) is 2. The second-order valence-corrected chi connectivity index (χ2v) is 9.10. The third-order valence-electron chi connectivity index (χ3n) is 4.82. The zero-order valence-electron chi connectivity index (χ0n) is 20.0. The van der Waals surface area contributed by atoms with Gasteiger partial charge in [0.15, 0.2) is 5.96 Å². The van der Waals surface area contributed by atoms with E-state index < -0.39 is 5.60 Å². The predicted octanol–water partition coefficient (Wildman–Crippen LogP) is 3.79. The molecule has 1 aliphatic rings. The third kappa shape index (κ3) is 9.22. The summed E-state index contributed by atoms with van der Waals surface area (Å²) in [6, 6.07) is 7.91. The number of carbonyl (C=O) groups excluding carboxylic acids is 2. The van der Waals surface area contributed by atoms with Gasteiger partial charge in [0.2, 0.25) is 5.91 Å². The van der Waals surface area contributed by atoms with Crippen LogP contribution in [0, 0.1) is 5.92 Å². The van der Waals surface area contributed by atoms with Crippen molar-refractivity contribution in [2.24, 2.45) is 10.9 Å². The van der Waals surface area contributed by atoms with Gasteiger partial charge in [0.05, 0.1) is 0 Å². The van der Waals surface area contributed by atoms with Gasteiger partial charge in [-0.1, -0.05) is 25.1 Å². The van der Waals surface area contributed by atoms with E-state index in [0.717, 1.165) is 17.8 Å². The number of fused-ring (bicyclic) bond motifs is 1. The predicted molar refractivity (Wildman–Crippen MR) is 140 cm³/mol. The highest BCUT2D eigenvalue weighted by atomic mass is 127. The summed E-state index contributed by atoms with van der Waals surface area (Å²) in [6.45, 7) is 12.1. The van der Waals surface area contributed by atoms with Gasteiger partial charge in [-0.25, -0.2) is 4.79 Å². The topological polar surface area (TPSA) is 95.1 Å². The molecule has 2 rings (SSSR count). The summed E-state index contributed by atoms with van der Waals surface area (Å²) in [6.07, 6.45) is 0.114. The normalized spacial score (nSPS) is 16.8. The third-order valence-corrected chi connectivity index (χ3v) is 4.82. The van der Waals surface area contributed by atoms with Crippen LogP contribution in [0.1, 0.15) is 52.5 Å². The number of carbonyl (C=O) groups is 2. The number of aliphatic imine (C=N–C) groups is 1. The molecule has 0 saturated heterocycles. The Morgan fingerprint density at radius 1 is 1.31 bits per heavy atom. The summed E-state index contributed by atoms with van der Waals surface area (Å²) in [5.41, 5.74) is 1.51. The quantitative estimate of drug-likeness (QED) is 0.269.